The zero-order valence-electron chi connectivity index (χ0n) is 10.5. The fourth-order valence-electron chi connectivity index (χ4n) is 1.69. The Morgan fingerprint density at radius 1 is 1.15 bits per heavy atom. The first-order chi connectivity index (χ1) is 9.40. The van der Waals surface area contributed by atoms with E-state index >= 15 is 0 Å². The topological polar surface area (TPSA) is 58.2 Å². The maximum absolute atomic E-state index is 11.7. The molecule has 2 N–H and O–H groups in total. The lowest BCUT2D eigenvalue weighted by molar-refractivity contribution is -0.122. The fraction of sp³-hybridized carbons (Fsp3) is 0.385. The molecule has 0 aliphatic heterocycles. The highest BCUT2D eigenvalue weighted by Gasteiger charge is 2.56. The third-order valence-electron chi connectivity index (χ3n) is 2.96. The van der Waals surface area contributed by atoms with Crippen LogP contribution in [0.1, 0.15) is 16.8 Å². The molecule has 7 heteroatoms. The number of carbonyl (C=O) groups excluding carboxylic acids is 2. The third-order valence-corrected chi connectivity index (χ3v) is 4.05. The van der Waals surface area contributed by atoms with E-state index in [4.69, 9.17) is 34.8 Å². The van der Waals surface area contributed by atoms with Crippen LogP contribution >= 0.6 is 34.8 Å². The number of hydrogen-bond donors (Lipinski definition) is 2. The van der Waals surface area contributed by atoms with Gasteiger partial charge >= 0.3 is 0 Å². The normalized spacial score (nSPS) is 19.2. The van der Waals surface area contributed by atoms with E-state index in [0.717, 1.165) is 0 Å². The van der Waals surface area contributed by atoms with Crippen LogP contribution in [-0.4, -0.2) is 29.2 Å². The summed E-state index contributed by atoms with van der Waals surface area (Å²) < 4.78 is -0.920. The third kappa shape index (κ3) is 4.01. The number of alkyl halides is 2. The molecule has 1 unspecified atom stereocenters. The van der Waals surface area contributed by atoms with Gasteiger partial charge in [-0.25, -0.2) is 0 Å². The van der Waals surface area contributed by atoms with E-state index in [2.05, 4.69) is 10.6 Å². The van der Waals surface area contributed by atoms with Gasteiger partial charge in [-0.15, -0.1) is 23.2 Å². The van der Waals surface area contributed by atoms with Crippen LogP contribution in [0.4, 0.5) is 0 Å². The molecule has 0 heterocycles. The molecule has 108 valence electrons. The van der Waals surface area contributed by atoms with E-state index in [1.54, 1.807) is 24.3 Å². The molecule has 0 radical (unpaired) electrons. The SMILES string of the molecule is O=C(NCCNC(=O)C1CC1(Cl)Cl)c1ccc(Cl)cc1. The molecule has 1 saturated carbocycles. The van der Waals surface area contributed by atoms with Gasteiger partial charge < -0.3 is 10.6 Å². The number of carbonyl (C=O) groups is 2. The van der Waals surface area contributed by atoms with Crippen molar-refractivity contribution in [3.8, 4) is 0 Å². The summed E-state index contributed by atoms with van der Waals surface area (Å²) in [6.45, 7) is 0.663. The van der Waals surface area contributed by atoms with Crippen LogP contribution in [0.3, 0.4) is 0 Å². The lowest BCUT2D eigenvalue weighted by atomic mass is 10.2. The van der Waals surface area contributed by atoms with Crippen LogP contribution < -0.4 is 10.6 Å². The zero-order chi connectivity index (χ0) is 14.8. The average molecular weight is 336 g/mol. The number of halogens is 3. The first kappa shape index (κ1) is 15.4. The summed E-state index contributed by atoms with van der Waals surface area (Å²) in [5, 5.41) is 5.94. The molecule has 2 amide bonds. The Hall–Kier alpha value is -0.970. The summed E-state index contributed by atoms with van der Waals surface area (Å²) in [6.07, 6.45) is 0.471. The van der Waals surface area contributed by atoms with Gasteiger partial charge in [0.25, 0.3) is 5.91 Å². The van der Waals surface area contributed by atoms with Crippen molar-refractivity contribution in [3.63, 3.8) is 0 Å². The first-order valence-electron chi connectivity index (χ1n) is 6.09. The molecular formula is C13H13Cl3N2O2. The largest absolute Gasteiger partial charge is 0.354 e. The minimum absolute atomic E-state index is 0.184. The van der Waals surface area contributed by atoms with Crippen molar-refractivity contribution in [3.05, 3.63) is 34.9 Å². The van der Waals surface area contributed by atoms with Crippen molar-refractivity contribution in [2.24, 2.45) is 5.92 Å². The molecule has 1 aromatic rings. The van der Waals surface area contributed by atoms with Crippen LogP contribution in [0.5, 0.6) is 0 Å². The Morgan fingerprint density at radius 2 is 1.70 bits per heavy atom. The Kier molecular flexibility index (Phi) is 4.78. The van der Waals surface area contributed by atoms with Crippen molar-refractivity contribution in [2.75, 3.05) is 13.1 Å². The van der Waals surface area contributed by atoms with Gasteiger partial charge in [0.2, 0.25) is 5.91 Å². The number of benzene rings is 1. The second kappa shape index (κ2) is 6.20. The predicted octanol–water partition coefficient (Wildman–Crippen LogP) is 2.38. The minimum Gasteiger partial charge on any atom is -0.354 e. The van der Waals surface area contributed by atoms with Crippen molar-refractivity contribution < 1.29 is 9.59 Å². The maximum atomic E-state index is 11.7. The molecule has 1 atom stereocenters. The lowest BCUT2D eigenvalue weighted by Gasteiger charge is -2.07. The molecule has 1 fully saturated rings. The standard InChI is InChI=1S/C13H13Cl3N2O2/c14-9-3-1-8(2-4-9)11(19)17-5-6-18-12(20)10-7-13(10,15)16/h1-4,10H,5-7H2,(H,17,19)(H,18,20). The monoisotopic (exact) mass is 334 g/mol. The van der Waals surface area contributed by atoms with E-state index in [1.165, 1.54) is 0 Å². The Morgan fingerprint density at radius 3 is 2.25 bits per heavy atom. The van der Waals surface area contributed by atoms with Crippen LogP contribution in [0.25, 0.3) is 0 Å². The van der Waals surface area contributed by atoms with Gasteiger partial charge in [0.05, 0.1) is 5.92 Å². The number of hydrogen-bond acceptors (Lipinski definition) is 2. The molecule has 4 nitrogen and oxygen atoms in total. The Bertz CT molecular complexity index is 517. The van der Waals surface area contributed by atoms with Gasteiger partial charge in [0.1, 0.15) is 4.33 Å². The van der Waals surface area contributed by atoms with E-state index in [1.807, 2.05) is 0 Å². The molecule has 0 saturated heterocycles. The van der Waals surface area contributed by atoms with Gasteiger partial charge in [0, 0.05) is 23.7 Å². The molecular weight excluding hydrogens is 323 g/mol. The van der Waals surface area contributed by atoms with Crippen LogP contribution in [0.15, 0.2) is 24.3 Å². The zero-order valence-corrected chi connectivity index (χ0v) is 12.7. The highest BCUT2D eigenvalue weighted by atomic mass is 35.5. The fourth-order valence-corrected chi connectivity index (χ4v) is 2.32. The van der Waals surface area contributed by atoms with E-state index < -0.39 is 4.33 Å². The lowest BCUT2D eigenvalue weighted by Crippen LogP contribution is -2.35. The predicted molar refractivity (Wildman–Crippen MR) is 79.3 cm³/mol. The smallest absolute Gasteiger partial charge is 0.251 e. The van der Waals surface area contributed by atoms with E-state index in [9.17, 15) is 9.59 Å². The molecule has 0 bridgehead atoms. The number of rotatable bonds is 5. The van der Waals surface area contributed by atoms with Crippen LogP contribution in [-0.2, 0) is 4.79 Å². The second-order valence-electron chi connectivity index (χ2n) is 4.57. The van der Waals surface area contributed by atoms with Crippen molar-refractivity contribution in [1.82, 2.24) is 10.6 Å². The highest BCUT2D eigenvalue weighted by molar-refractivity contribution is 6.52. The van der Waals surface area contributed by atoms with Crippen LogP contribution in [0.2, 0.25) is 5.02 Å². The Labute approximate surface area is 131 Å². The molecule has 0 spiro atoms. The quantitative estimate of drug-likeness (QED) is 0.641. The van der Waals surface area contributed by atoms with Gasteiger partial charge in [-0.3, -0.25) is 9.59 Å². The van der Waals surface area contributed by atoms with Crippen molar-refractivity contribution in [2.45, 2.75) is 10.8 Å². The van der Waals surface area contributed by atoms with Crippen LogP contribution in [0, 0.1) is 5.92 Å². The molecule has 20 heavy (non-hydrogen) atoms. The van der Waals surface area contributed by atoms with Gasteiger partial charge in [-0.1, -0.05) is 11.6 Å². The van der Waals surface area contributed by atoms with Gasteiger partial charge in [0.15, 0.2) is 0 Å². The second-order valence-corrected chi connectivity index (χ2v) is 6.55. The Balaban J connectivity index is 1.67. The van der Waals surface area contributed by atoms with Gasteiger partial charge in [-0.2, -0.15) is 0 Å². The summed E-state index contributed by atoms with van der Waals surface area (Å²) >= 11 is 17.3. The number of amides is 2. The van der Waals surface area contributed by atoms with E-state index in [-0.39, 0.29) is 17.7 Å². The van der Waals surface area contributed by atoms with E-state index in [0.29, 0.717) is 30.1 Å². The summed E-state index contributed by atoms with van der Waals surface area (Å²) in [4.78, 5) is 23.3. The summed E-state index contributed by atoms with van der Waals surface area (Å²) in [6, 6.07) is 6.56. The summed E-state index contributed by atoms with van der Waals surface area (Å²) in [7, 11) is 0. The molecule has 0 aromatic heterocycles. The summed E-state index contributed by atoms with van der Waals surface area (Å²) in [5.74, 6) is -0.750. The first-order valence-corrected chi connectivity index (χ1v) is 7.23. The molecule has 1 aromatic carbocycles. The molecule has 2 rings (SSSR count). The van der Waals surface area contributed by atoms with Gasteiger partial charge in [-0.05, 0) is 30.7 Å². The maximum Gasteiger partial charge on any atom is 0.251 e. The van der Waals surface area contributed by atoms with Crippen molar-refractivity contribution >= 4 is 46.6 Å². The van der Waals surface area contributed by atoms with Crippen molar-refractivity contribution in [1.29, 1.82) is 0 Å². The average Bonchev–Trinajstić information content (AvgIpc) is 3.04. The molecule has 1 aliphatic carbocycles. The minimum atomic E-state index is -0.920. The number of nitrogens with one attached hydrogen (secondary N) is 2. The highest BCUT2D eigenvalue weighted by Crippen LogP contribution is 2.53. The summed E-state index contributed by atoms with van der Waals surface area (Å²) in [5.41, 5.74) is 0.517. The molecule has 1 aliphatic rings.